The molecule has 25 heavy (non-hydrogen) atoms. The normalized spacial score (nSPS) is 17.6. The van der Waals surface area contributed by atoms with E-state index in [0.717, 1.165) is 23.4 Å². The van der Waals surface area contributed by atoms with Gasteiger partial charge in [0.1, 0.15) is 11.2 Å². The van der Waals surface area contributed by atoms with Crippen LogP contribution in [-0.4, -0.2) is 16.2 Å². The molecule has 0 aliphatic carbocycles. The summed E-state index contributed by atoms with van der Waals surface area (Å²) in [4.78, 5) is 9.57. The third-order valence-electron chi connectivity index (χ3n) is 3.87. The Morgan fingerprint density at radius 2 is 2.08 bits per heavy atom. The Bertz CT molecular complexity index is 808. The molecule has 0 fully saturated rings. The summed E-state index contributed by atoms with van der Waals surface area (Å²) in [6, 6.07) is 6.96. The molecule has 1 aliphatic rings. The second-order valence-electron chi connectivity index (χ2n) is 5.79. The van der Waals surface area contributed by atoms with Gasteiger partial charge in [0.25, 0.3) is 0 Å². The second kappa shape index (κ2) is 7.03. The van der Waals surface area contributed by atoms with E-state index in [0.29, 0.717) is 29.0 Å². The molecule has 4 nitrogen and oxygen atoms in total. The highest BCUT2D eigenvalue weighted by molar-refractivity contribution is 9.18. The van der Waals surface area contributed by atoms with Crippen molar-refractivity contribution in [2.24, 2.45) is 5.16 Å². The number of aromatic nitrogens is 1. The molecule has 1 aromatic heterocycles. The Labute approximate surface area is 151 Å². The van der Waals surface area contributed by atoms with Gasteiger partial charge in [0.15, 0.2) is 0 Å². The van der Waals surface area contributed by atoms with Crippen LogP contribution in [0.4, 0.5) is 24.5 Å². The third-order valence-corrected chi connectivity index (χ3v) is 4.33. The van der Waals surface area contributed by atoms with Crippen molar-refractivity contribution in [2.75, 3.05) is 11.9 Å². The van der Waals surface area contributed by atoms with E-state index >= 15 is 0 Å². The highest BCUT2D eigenvalue weighted by atomic mass is 79.9. The quantitative estimate of drug-likeness (QED) is 0.735. The maximum absolute atomic E-state index is 12.9. The number of hydrogen-bond donors (Lipinski definition) is 1. The first-order valence-corrected chi connectivity index (χ1v) is 8.37. The largest absolute Gasteiger partial charge is 0.416 e. The van der Waals surface area contributed by atoms with Crippen LogP contribution in [-0.2, 0) is 11.0 Å². The molecule has 1 atom stereocenters. The summed E-state index contributed by atoms with van der Waals surface area (Å²) in [5.41, 5.74) is 2.03. The van der Waals surface area contributed by atoms with Gasteiger partial charge in [0.2, 0.25) is 0 Å². The molecule has 8 heteroatoms. The molecule has 1 N–H and O–H groups in total. The molecule has 0 radical (unpaired) electrons. The molecule has 0 saturated carbocycles. The van der Waals surface area contributed by atoms with Gasteiger partial charge in [-0.1, -0.05) is 11.2 Å². The lowest BCUT2D eigenvalue weighted by Crippen LogP contribution is -2.16. The van der Waals surface area contributed by atoms with E-state index < -0.39 is 11.7 Å². The van der Waals surface area contributed by atoms with E-state index in [2.05, 4.69) is 31.4 Å². The number of hydrogen-bond acceptors (Lipinski definition) is 4. The second-order valence-corrected chi connectivity index (χ2v) is 6.71. The van der Waals surface area contributed by atoms with Crippen molar-refractivity contribution in [3.63, 3.8) is 0 Å². The molecule has 1 aromatic carbocycles. The lowest BCUT2D eigenvalue weighted by atomic mass is 10.0. The Hall–Kier alpha value is -2.09. The third kappa shape index (κ3) is 4.31. The van der Waals surface area contributed by atoms with E-state index in [4.69, 9.17) is 4.84 Å². The Morgan fingerprint density at radius 1 is 1.28 bits per heavy atom. The Kier molecular flexibility index (Phi) is 4.99. The summed E-state index contributed by atoms with van der Waals surface area (Å²) in [6.07, 6.45) is -2.01. The van der Waals surface area contributed by atoms with Crippen LogP contribution < -0.4 is 5.32 Å². The molecule has 1 aliphatic heterocycles. The van der Waals surface area contributed by atoms with Gasteiger partial charge in [-0.3, -0.25) is 4.98 Å². The predicted molar refractivity (Wildman–Crippen MR) is 93.4 cm³/mol. The van der Waals surface area contributed by atoms with Crippen LogP contribution in [0.15, 0.2) is 41.7 Å². The monoisotopic (exact) mass is 413 g/mol. The van der Waals surface area contributed by atoms with Crippen molar-refractivity contribution >= 4 is 31.9 Å². The summed E-state index contributed by atoms with van der Waals surface area (Å²) in [7, 11) is 0. The molecule has 0 bridgehead atoms. The molecule has 0 saturated heterocycles. The number of anilines is 2. The number of nitrogens with zero attached hydrogens (tertiary/aromatic N) is 2. The number of benzene rings is 1. The van der Waals surface area contributed by atoms with Gasteiger partial charge in [0.05, 0.1) is 5.56 Å². The highest BCUT2D eigenvalue weighted by Crippen LogP contribution is 2.33. The molecule has 3 rings (SSSR count). The van der Waals surface area contributed by atoms with Crippen molar-refractivity contribution in [3.8, 4) is 0 Å². The van der Waals surface area contributed by atoms with Crippen LogP contribution in [0.1, 0.15) is 29.2 Å². The van der Waals surface area contributed by atoms with E-state index in [1.54, 1.807) is 12.3 Å². The van der Waals surface area contributed by atoms with Crippen LogP contribution in [0.25, 0.3) is 0 Å². The average molecular weight is 414 g/mol. The molecular formula is C17H15BrF3N3O. The summed E-state index contributed by atoms with van der Waals surface area (Å²) < 4.78 is 39.3. The van der Waals surface area contributed by atoms with E-state index in [-0.39, 0.29) is 5.92 Å². The van der Waals surface area contributed by atoms with Crippen LogP contribution in [0.5, 0.6) is 0 Å². The lowest BCUT2D eigenvalue weighted by molar-refractivity contribution is -0.137. The van der Waals surface area contributed by atoms with Gasteiger partial charge in [-0.2, -0.15) is 13.2 Å². The first-order valence-electron chi connectivity index (χ1n) is 7.58. The minimum absolute atomic E-state index is 0.0366. The predicted octanol–water partition coefficient (Wildman–Crippen LogP) is 5.36. The molecule has 2 aromatic rings. The number of aryl methyl sites for hydroxylation is 1. The molecular weight excluding hydrogens is 399 g/mol. The number of alkyl halides is 3. The topological polar surface area (TPSA) is 46.5 Å². The number of halogens is 4. The number of oxime groups is 1. The standard InChI is InChI=1S/C17H15BrF3N3O/c1-10-8-22-15(11-5-16(18)24-25-9-11)7-14(10)23-13-4-2-3-12(6-13)17(19,20)21/h2-4,6-8,11H,5,9H2,1H3,(H,22,23)/t11-/m1/s1. The van der Waals surface area contributed by atoms with Crippen LogP contribution in [0.2, 0.25) is 0 Å². The van der Waals surface area contributed by atoms with E-state index in [9.17, 15) is 13.2 Å². The maximum atomic E-state index is 12.9. The summed E-state index contributed by atoms with van der Waals surface area (Å²) in [5.74, 6) is 0.0366. The number of rotatable bonds is 3. The highest BCUT2D eigenvalue weighted by Gasteiger charge is 2.30. The van der Waals surface area contributed by atoms with Crippen molar-refractivity contribution in [1.29, 1.82) is 0 Å². The molecule has 0 amide bonds. The first-order chi connectivity index (χ1) is 11.8. The van der Waals surface area contributed by atoms with E-state index in [1.165, 1.54) is 6.07 Å². The number of pyridine rings is 1. The van der Waals surface area contributed by atoms with Gasteiger partial charge in [0, 0.05) is 35.6 Å². The average Bonchev–Trinajstić information content (AvgIpc) is 2.56. The zero-order chi connectivity index (χ0) is 18.0. The van der Waals surface area contributed by atoms with Gasteiger partial charge >= 0.3 is 6.18 Å². The maximum Gasteiger partial charge on any atom is 0.416 e. The first kappa shape index (κ1) is 17.7. The van der Waals surface area contributed by atoms with Crippen molar-refractivity contribution in [2.45, 2.75) is 25.4 Å². The molecule has 132 valence electrons. The van der Waals surface area contributed by atoms with Crippen molar-refractivity contribution in [1.82, 2.24) is 4.98 Å². The van der Waals surface area contributed by atoms with Gasteiger partial charge in [-0.15, -0.1) is 0 Å². The SMILES string of the molecule is Cc1cnc([C@H]2CON=C(Br)C2)cc1Nc1cccc(C(F)(F)F)c1. The minimum Gasteiger partial charge on any atom is -0.394 e. The molecule has 2 heterocycles. The zero-order valence-electron chi connectivity index (χ0n) is 13.3. The smallest absolute Gasteiger partial charge is 0.394 e. The Balaban J connectivity index is 1.85. The van der Waals surface area contributed by atoms with Gasteiger partial charge in [-0.05, 0) is 52.7 Å². The van der Waals surface area contributed by atoms with Crippen LogP contribution >= 0.6 is 15.9 Å². The minimum atomic E-state index is -4.37. The summed E-state index contributed by atoms with van der Waals surface area (Å²) >= 11 is 3.31. The molecule has 0 unspecified atom stereocenters. The molecule has 0 spiro atoms. The fourth-order valence-corrected chi connectivity index (χ4v) is 3.01. The van der Waals surface area contributed by atoms with Crippen molar-refractivity contribution in [3.05, 3.63) is 53.3 Å². The summed E-state index contributed by atoms with van der Waals surface area (Å²) in [6.45, 7) is 2.26. The van der Waals surface area contributed by atoms with Gasteiger partial charge in [-0.25, -0.2) is 0 Å². The van der Waals surface area contributed by atoms with Crippen molar-refractivity contribution < 1.29 is 18.0 Å². The van der Waals surface area contributed by atoms with Crippen LogP contribution in [0, 0.1) is 6.92 Å². The Morgan fingerprint density at radius 3 is 2.80 bits per heavy atom. The van der Waals surface area contributed by atoms with Gasteiger partial charge < -0.3 is 10.2 Å². The fraction of sp³-hybridized carbons (Fsp3) is 0.294. The number of nitrogens with one attached hydrogen (secondary N) is 1. The van der Waals surface area contributed by atoms with Crippen LogP contribution in [0.3, 0.4) is 0 Å². The van der Waals surface area contributed by atoms with E-state index in [1.807, 2.05) is 13.0 Å². The summed E-state index contributed by atoms with van der Waals surface area (Å²) in [5, 5.41) is 6.88. The lowest BCUT2D eigenvalue weighted by Gasteiger charge is -2.20. The fourth-order valence-electron chi connectivity index (χ4n) is 2.51. The zero-order valence-corrected chi connectivity index (χ0v) is 14.9.